The van der Waals surface area contributed by atoms with Crippen LogP contribution in [0.15, 0.2) is 9.70 Å². The molecular weight excluding hydrogens is 496 g/mol. The van der Waals surface area contributed by atoms with Gasteiger partial charge in [-0.3, -0.25) is 23.9 Å². The molecule has 1 amide bonds. The molecule has 10 heteroatoms. The number of piperidine rings is 1. The van der Waals surface area contributed by atoms with Crippen LogP contribution in [-0.4, -0.2) is 51.4 Å². The fourth-order valence-corrected chi connectivity index (χ4v) is 6.87. The lowest BCUT2D eigenvalue weighted by molar-refractivity contribution is -0.148. The highest BCUT2D eigenvalue weighted by atomic mass is 32.2. The van der Waals surface area contributed by atoms with Gasteiger partial charge in [0.2, 0.25) is 0 Å². The van der Waals surface area contributed by atoms with E-state index >= 15 is 0 Å². The van der Waals surface area contributed by atoms with Crippen LogP contribution in [0.5, 0.6) is 0 Å². The summed E-state index contributed by atoms with van der Waals surface area (Å²) in [4.78, 5) is 43.5. The van der Waals surface area contributed by atoms with Gasteiger partial charge >= 0.3 is 5.97 Å². The first kappa shape index (κ1) is 26.4. The summed E-state index contributed by atoms with van der Waals surface area (Å²) in [5, 5.41) is 9.80. The van der Waals surface area contributed by atoms with Crippen LogP contribution in [0, 0.1) is 24.2 Å². The van der Waals surface area contributed by atoms with Gasteiger partial charge in [0.05, 0.1) is 17.4 Å². The van der Waals surface area contributed by atoms with E-state index in [0.717, 1.165) is 38.5 Å². The number of nitrogens with zero attached hydrogens (tertiary/aromatic N) is 4. The van der Waals surface area contributed by atoms with Gasteiger partial charge in [-0.2, -0.15) is 5.26 Å². The molecule has 3 heterocycles. The van der Waals surface area contributed by atoms with E-state index in [2.05, 4.69) is 6.07 Å². The molecule has 36 heavy (non-hydrogen) atoms. The Bertz CT molecular complexity index is 1210. The first-order chi connectivity index (χ1) is 17.3. The number of esters is 1. The Kier molecular flexibility index (Phi) is 8.20. The zero-order valence-electron chi connectivity index (χ0n) is 21.0. The SMILES string of the molecule is CCOC(=O)C1CCCN(c2c(/C=C3/SC(=S)N(C4CCCC4)C3=O)c(C)c(C#N)c(=O)n2CC)C1. The molecule has 1 aromatic heterocycles. The molecule has 1 aromatic rings. The predicted molar refractivity (Wildman–Crippen MR) is 145 cm³/mol. The number of thiocarbonyl (C=S) groups is 1. The highest BCUT2D eigenvalue weighted by Crippen LogP contribution is 2.40. The molecule has 3 fully saturated rings. The lowest BCUT2D eigenvalue weighted by Crippen LogP contribution is -2.43. The van der Waals surface area contributed by atoms with Crippen LogP contribution in [0.2, 0.25) is 0 Å². The van der Waals surface area contributed by atoms with Crippen LogP contribution in [0.4, 0.5) is 5.82 Å². The number of amides is 1. The van der Waals surface area contributed by atoms with Gasteiger partial charge in [0, 0.05) is 31.2 Å². The maximum absolute atomic E-state index is 13.4. The molecule has 2 aliphatic heterocycles. The zero-order chi connectivity index (χ0) is 26.0. The van der Waals surface area contributed by atoms with Crippen LogP contribution in [0.1, 0.15) is 69.1 Å². The molecule has 192 valence electrons. The van der Waals surface area contributed by atoms with E-state index in [-0.39, 0.29) is 35.0 Å². The van der Waals surface area contributed by atoms with E-state index in [1.807, 2.05) is 11.8 Å². The number of nitriles is 1. The van der Waals surface area contributed by atoms with Crippen molar-refractivity contribution in [2.45, 2.75) is 71.9 Å². The quantitative estimate of drug-likeness (QED) is 0.311. The second-order valence-electron chi connectivity index (χ2n) is 9.43. The normalized spacial score (nSPS) is 21.9. The van der Waals surface area contributed by atoms with E-state index in [9.17, 15) is 19.6 Å². The van der Waals surface area contributed by atoms with Crippen LogP contribution in [-0.2, 0) is 20.9 Å². The van der Waals surface area contributed by atoms with Crippen molar-refractivity contribution in [2.75, 3.05) is 24.6 Å². The molecule has 1 atom stereocenters. The molecule has 1 aliphatic carbocycles. The van der Waals surface area contributed by atoms with Gasteiger partial charge in [-0.05, 0) is 58.1 Å². The Labute approximate surface area is 221 Å². The second kappa shape index (κ2) is 11.2. The number of hydrogen-bond acceptors (Lipinski definition) is 8. The summed E-state index contributed by atoms with van der Waals surface area (Å²) in [7, 11) is 0. The van der Waals surface area contributed by atoms with Crippen molar-refractivity contribution in [3.05, 3.63) is 31.9 Å². The van der Waals surface area contributed by atoms with E-state index in [1.165, 1.54) is 11.8 Å². The summed E-state index contributed by atoms with van der Waals surface area (Å²) in [6.45, 7) is 7.14. The monoisotopic (exact) mass is 528 g/mol. The standard InChI is InChI=1S/C26H32N4O4S2/c1-4-29-22(28-12-8-9-17(15-28)25(33)34-5-2)19(16(3)20(14-27)23(29)31)13-21-24(32)30(26(35)36-21)18-10-6-7-11-18/h13,17-18H,4-12,15H2,1-3H3/b21-13+. The summed E-state index contributed by atoms with van der Waals surface area (Å²) in [5.41, 5.74) is 0.898. The minimum atomic E-state index is -0.360. The lowest BCUT2D eigenvalue weighted by Gasteiger charge is -2.36. The number of carbonyl (C=O) groups excluding carboxylic acids is 2. The number of rotatable bonds is 6. The van der Waals surface area contributed by atoms with Gasteiger partial charge in [0.15, 0.2) is 0 Å². The first-order valence-electron chi connectivity index (χ1n) is 12.7. The van der Waals surface area contributed by atoms with Crippen LogP contribution in [0.3, 0.4) is 0 Å². The Morgan fingerprint density at radius 1 is 1.22 bits per heavy atom. The Balaban J connectivity index is 1.82. The summed E-state index contributed by atoms with van der Waals surface area (Å²) in [6, 6.07) is 2.20. The van der Waals surface area contributed by atoms with Crippen molar-refractivity contribution in [1.82, 2.24) is 9.47 Å². The summed E-state index contributed by atoms with van der Waals surface area (Å²) < 4.78 is 7.42. The molecule has 8 nitrogen and oxygen atoms in total. The predicted octanol–water partition coefficient (Wildman–Crippen LogP) is 3.97. The Hall–Kier alpha value is -2.64. The van der Waals surface area contributed by atoms with E-state index in [4.69, 9.17) is 17.0 Å². The molecular formula is C26H32N4O4S2. The van der Waals surface area contributed by atoms with E-state index < -0.39 is 0 Å². The van der Waals surface area contributed by atoms with Crippen molar-refractivity contribution >= 4 is 52.1 Å². The summed E-state index contributed by atoms with van der Waals surface area (Å²) in [6.07, 6.45) is 7.36. The van der Waals surface area contributed by atoms with Crippen LogP contribution in [0.25, 0.3) is 6.08 Å². The average molecular weight is 529 g/mol. The number of carbonyl (C=O) groups is 2. The fraction of sp³-hybridized carbons (Fsp3) is 0.577. The van der Waals surface area contributed by atoms with Gasteiger partial charge in [-0.15, -0.1) is 0 Å². The molecule has 0 radical (unpaired) electrons. The van der Waals surface area contributed by atoms with Crippen LogP contribution >= 0.6 is 24.0 Å². The molecule has 2 saturated heterocycles. The fourth-order valence-electron chi connectivity index (χ4n) is 5.49. The molecule has 1 unspecified atom stereocenters. The third-order valence-electron chi connectivity index (χ3n) is 7.29. The molecule has 0 spiro atoms. The van der Waals surface area contributed by atoms with Crippen LogP contribution < -0.4 is 10.5 Å². The average Bonchev–Trinajstić information content (AvgIpc) is 3.48. The van der Waals surface area contributed by atoms with Crippen molar-refractivity contribution in [3.63, 3.8) is 0 Å². The minimum Gasteiger partial charge on any atom is -0.466 e. The maximum Gasteiger partial charge on any atom is 0.310 e. The molecule has 0 aromatic carbocycles. The molecule has 1 saturated carbocycles. The topological polar surface area (TPSA) is 95.6 Å². The third-order valence-corrected chi connectivity index (χ3v) is 8.62. The number of hydrogen-bond donors (Lipinski definition) is 0. The van der Waals surface area contributed by atoms with Crippen molar-refractivity contribution in [3.8, 4) is 6.07 Å². The molecule has 0 bridgehead atoms. The van der Waals surface area contributed by atoms with E-state index in [0.29, 0.717) is 52.4 Å². The number of anilines is 1. The summed E-state index contributed by atoms with van der Waals surface area (Å²) >= 11 is 6.86. The maximum atomic E-state index is 13.4. The molecule has 4 rings (SSSR count). The third kappa shape index (κ3) is 4.83. The Morgan fingerprint density at radius 2 is 1.94 bits per heavy atom. The van der Waals surface area contributed by atoms with Gasteiger partial charge in [0.1, 0.15) is 21.8 Å². The minimum absolute atomic E-state index is 0.0667. The lowest BCUT2D eigenvalue weighted by atomic mass is 9.96. The second-order valence-corrected chi connectivity index (χ2v) is 11.1. The van der Waals surface area contributed by atoms with Crippen molar-refractivity contribution in [1.29, 1.82) is 5.26 Å². The number of pyridine rings is 1. The number of aromatic nitrogens is 1. The van der Waals surface area contributed by atoms with Gasteiger partial charge in [-0.1, -0.05) is 36.8 Å². The first-order valence-corrected chi connectivity index (χ1v) is 13.9. The summed E-state index contributed by atoms with van der Waals surface area (Å²) in [5.74, 6) is -0.0161. The van der Waals surface area contributed by atoms with Crippen molar-refractivity contribution < 1.29 is 14.3 Å². The molecule has 0 N–H and O–H groups in total. The largest absolute Gasteiger partial charge is 0.466 e. The molecule has 3 aliphatic rings. The Morgan fingerprint density at radius 3 is 2.58 bits per heavy atom. The van der Waals surface area contributed by atoms with Gasteiger partial charge in [0.25, 0.3) is 11.5 Å². The number of ether oxygens (including phenoxy) is 1. The highest BCUT2D eigenvalue weighted by Gasteiger charge is 2.39. The zero-order valence-corrected chi connectivity index (χ0v) is 22.7. The van der Waals surface area contributed by atoms with Crippen molar-refractivity contribution in [2.24, 2.45) is 5.92 Å². The van der Waals surface area contributed by atoms with E-state index in [1.54, 1.807) is 29.4 Å². The smallest absolute Gasteiger partial charge is 0.310 e. The highest BCUT2D eigenvalue weighted by molar-refractivity contribution is 8.26. The van der Waals surface area contributed by atoms with Gasteiger partial charge < -0.3 is 9.64 Å². The number of thioether (sulfide) groups is 1. The van der Waals surface area contributed by atoms with Gasteiger partial charge in [-0.25, -0.2) is 0 Å².